The van der Waals surface area contributed by atoms with E-state index in [1.807, 2.05) is 0 Å². The molecule has 0 amide bonds. The van der Waals surface area contributed by atoms with Gasteiger partial charge in [0.05, 0.1) is 0 Å². The summed E-state index contributed by atoms with van der Waals surface area (Å²) in [5.41, 5.74) is 0. The second-order valence-corrected chi connectivity index (χ2v) is 1.21. The van der Waals surface area contributed by atoms with Crippen LogP contribution in [0.5, 0.6) is 0 Å². The molecule has 0 fully saturated rings. The number of Topliss-reactive ketones (excluding diaryl/α,β-unsaturated/α-hetero) is 1. The van der Waals surface area contributed by atoms with Crippen LogP contribution in [0.2, 0.25) is 0 Å². The molecule has 4 heteroatoms. The lowest BCUT2D eigenvalue weighted by Crippen LogP contribution is -2.04. The standard InChI is InChI=1S/C4H8O4/c1-4(6)2-7-8-3-5/h5H,2-3H2,1H3. The first-order valence-electron chi connectivity index (χ1n) is 2.12. The van der Waals surface area contributed by atoms with E-state index < -0.39 is 6.79 Å². The van der Waals surface area contributed by atoms with Crippen LogP contribution in [0.15, 0.2) is 0 Å². The predicted molar refractivity (Wildman–Crippen MR) is 24.8 cm³/mol. The quantitative estimate of drug-likeness (QED) is 0.234. The average molecular weight is 120 g/mol. The summed E-state index contributed by atoms with van der Waals surface area (Å²) >= 11 is 0. The van der Waals surface area contributed by atoms with Crippen molar-refractivity contribution in [3.8, 4) is 0 Å². The Kier molecular flexibility index (Phi) is 4.44. The highest BCUT2D eigenvalue weighted by Crippen LogP contribution is 1.75. The van der Waals surface area contributed by atoms with Crippen LogP contribution in [-0.4, -0.2) is 24.3 Å². The van der Waals surface area contributed by atoms with Gasteiger partial charge in [0.2, 0.25) is 0 Å². The van der Waals surface area contributed by atoms with Crippen LogP contribution < -0.4 is 0 Å². The number of ketones is 1. The molecule has 0 rings (SSSR count). The summed E-state index contributed by atoms with van der Waals surface area (Å²) in [6, 6.07) is 0. The summed E-state index contributed by atoms with van der Waals surface area (Å²) in [5.74, 6) is -0.140. The molecule has 0 atom stereocenters. The number of hydrogen-bond donors (Lipinski definition) is 1. The van der Waals surface area contributed by atoms with Crippen LogP contribution in [0.25, 0.3) is 0 Å². The Labute approximate surface area is 46.9 Å². The highest BCUT2D eigenvalue weighted by atomic mass is 17.2. The van der Waals surface area contributed by atoms with Crippen molar-refractivity contribution < 1.29 is 19.7 Å². The molecule has 0 aliphatic carbocycles. The molecule has 8 heavy (non-hydrogen) atoms. The maximum absolute atomic E-state index is 10.0. The maximum atomic E-state index is 10.0. The molecule has 0 bridgehead atoms. The summed E-state index contributed by atoms with van der Waals surface area (Å²) < 4.78 is 0. The van der Waals surface area contributed by atoms with Crippen molar-refractivity contribution in [3.05, 3.63) is 0 Å². The van der Waals surface area contributed by atoms with Crippen LogP contribution >= 0.6 is 0 Å². The Bertz CT molecular complexity index is 70.4. The average Bonchev–Trinajstić information content (AvgIpc) is 1.66. The van der Waals surface area contributed by atoms with Crippen LogP contribution in [0, 0.1) is 0 Å². The molecule has 1 N–H and O–H groups in total. The third kappa shape index (κ3) is 5.55. The van der Waals surface area contributed by atoms with Crippen LogP contribution in [-0.2, 0) is 14.6 Å². The lowest BCUT2D eigenvalue weighted by molar-refractivity contribution is -0.322. The summed E-state index contributed by atoms with van der Waals surface area (Å²) in [6.45, 7) is 0.731. The molecule has 0 saturated carbocycles. The largest absolute Gasteiger partial charge is 0.368 e. The van der Waals surface area contributed by atoms with Crippen molar-refractivity contribution in [1.82, 2.24) is 0 Å². The zero-order valence-electron chi connectivity index (χ0n) is 4.59. The van der Waals surface area contributed by atoms with E-state index in [-0.39, 0.29) is 12.4 Å². The fourth-order valence-corrected chi connectivity index (χ4v) is 0.162. The Morgan fingerprint density at radius 1 is 1.62 bits per heavy atom. The van der Waals surface area contributed by atoms with Crippen molar-refractivity contribution in [2.24, 2.45) is 0 Å². The van der Waals surface area contributed by atoms with Crippen molar-refractivity contribution >= 4 is 5.78 Å². The monoisotopic (exact) mass is 120 g/mol. The second-order valence-electron chi connectivity index (χ2n) is 1.21. The molecular weight excluding hydrogens is 112 g/mol. The smallest absolute Gasteiger partial charge is 0.178 e. The van der Waals surface area contributed by atoms with Gasteiger partial charge in [-0.25, -0.2) is 9.78 Å². The molecule has 4 nitrogen and oxygen atoms in total. The van der Waals surface area contributed by atoms with Gasteiger partial charge in [0.1, 0.15) is 6.61 Å². The molecule has 0 aromatic rings. The number of rotatable bonds is 4. The van der Waals surface area contributed by atoms with Gasteiger partial charge in [-0.1, -0.05) is 0 Å². The highest BCUT2D eigenvalue weighted by molar-refractivity contribution is 5.76. The summed E-state index contributed by atoms with van der Waals surface area (Å²) in [6.07, 6.45) is 0. The Balaban J connectivity index is 2.82. The number of carbonyl (C=O) groups excluding carboxylic acids is 1. The van der Waals surface area contributed by atoms with E-state index in [4.69, 9.17) is 5.11 Å². The summed E-state index contributed by atoms with van der Waals surface area (Å²) in [7, 11) is 0. The van der Waals surface area contributed by atoms with E-state index >= 15 is 0 Å². The molecule has 0 unspecified atom stereocenters. The molecule has 0 aliphatic rings. The zero-order chi connectivity index (χ0) is 6.41. The number of aliphatic hydroxyl groups is 1. The normalized spacial score (nSPS) is 9.25. The third-order valence-corrected chi connectivity index (χ3v) is 0.398. The maximum Gasteiger partial charge on any atom is 0.178 e. The van der Waals surface area contributed by atoms with Crippen molar-refractivity contribution in [1.29, 1.82) is 0 Å². The number of aliphatic hydroxyl groups excluding tert-OH is 1. The molecule has 0 saturated heterocycles. The van der Waals surface area contributed by atoms with Gasteiger partial charge in [0.25, 0.3) is 0 Å². The number of hydrogen-bond acceptors (Lipinski definition) is 4. The molecule has 48 valence electrons. The van der Waals surface area contributed by atoms with Gasteiger partial charge in [0.15, 0.2) is 12.6 Å². The van der Waals surface area contributed by atoms with E-state index in [1.54, 1.807) is 0 Å². The van der Waals surface area contributed by atoms with Crippen LogP contribution in [0.4, 0.5) is 0 Å². The minimum absolute atomic E-state index is 0.111. The van der Waals surface area contributed by atoms with Crippen LogP contribution in [0.3, 0.4) is 0 Å². The SMILES string of the molecule is CC(=O)COOCO. The molecule has 0 aromatic heterocycles. The predicted octanol–water partition coefficient (Wildman–Crippen LogP) is -0.527. The zero-order valence-corrected chi connectivity index (χ0v) is 4.59. The first-order chi connectivity index (χ1) is 3.77. The third-order valence-electron chi connectivity index (χ3n) is 0.398. The molecular formula is C4H8O4. The molecule has 0 spiro atoms. The molecule has 0 radical (unpaired) electrons. The van der Waals surface area contributed by atoms with E-state index in [2.05, 4.69) is 9.78 Å². The second kappa shape index (κ2) is 4.70. The fourth-order valence-electron chi connectivity index (χ4n) is 0.162. The minimum atomic E-state index is -0.521. The highest BCUT2D eigenvalue weighted by Gasteiger charge is 1.90. The lowest BCUT2D eigenvalue weighted by Gasteiger charge is -1.94. The van der Waals surface area contributed by atoms with Gasteiger partial charge in [-0.3, -0.25) is 4.79 Å². The van der Waals surface area contributed by atoms with E-state index in [0.717, 1.165) is 0 Å². The Morgan fingerprint density at radius 3 is 2.62 bits per heavy atom. The lowest BCUT2D eigenvalue weighted by atomic mass is 10.5. The van der Waals surface area contributed by atoms with Crippen molar-refractivity contribution in [2.75, 3.05) is 13.4 Å². The topological polar surface area (TPSA) is 55.8 Å². The van der Waals surface area contributed by atoms with Gasteiger partial charge < -0.3 is 5.11 Å². The molecule has 0 aromatic carbocycles. The van der Waals surface area contributed by atoms with Gasteiger partial charge in [0, 0.05) is 0 Å². The van der Waals surface area contributed by atoms with Gasteiger partial charge in [-0.05, 0) is 6.92 Å². The fraction of sp³-hybridized carbons (Fsp3) is 0.750. The first-order valence-corrected chi connectivity index (χ1v) is 2.12. The van der Waals surface area contributed by atoms with Crippen molar-refractivity contribution in [2.45, 2.75) is 6.92 Å². The Morgan fingerprint density at radius 2 is 2.25 bits per heavy atom. The van der Waals surface area contributed by atoms with E-state index in [9.17, 15) is 4.79 Å². The van der Waals surface area contributed by atoms with Gasteiger partial charge >= 0.3 is 0 Å². The van der Waals surface area contributed by atoms with Gasteiger partial charge in [-0.2, -0.15) is 0 Å². The minimum Gasteiger partial charge on any atom is -0.368 e. The first kappa shape index (κ1) is 7.55. The van der Waals surface area contributed by atoms with Crippen LogP contribution in [0.1, 0.15) is 6.92 Å². The van der Waals surface area contributed by atoms with Gasteiger partial charge in [-0.15, -0.1) is 0 Å². The van der Waals surface area contributed by atoms with E-state index in [1.165, 1.54) is 6.92 Å². The Hall–Kier alpha value is -0.450. The van der Waals surface area contributed by atoms with E-state index in [0.29, 0.717) is 0 Å². The summed E-state index contributed by atoms with van der Waals surface area (Å²) in [5, 5.41) is 7.92. The number of carbonyl (C=O) groups is 1. The summed E-state index contributed by atoms with van der Waals surface area (Å²) in [4.78, 5) is 18.2. The molecule has 0 heterocycles. The molecule has 0 aliphatic heterocycles. The van der Waals surface area contributed by atoms with Crippen molar-refractivity contribution in [3.63, 3.8) is 0 Å².